The number of carbonyl (C=O) groups excluding carboxylic acids is 2. The van der Waals surface area contributed by atoms with Gasteiger partial charge in [0.05, 0.1) is 15.6 Å². The summed E-state index contributed by atoms with van der Waals surface area (Å²) >= 11 is 25.4. The fourth-order valence-electron chi connectivity index (χ4n) is 4.74. The van der Waals surface area contributed by atoms with Gasteiger partial charge in [0.2, 0.25) is 11.8 Å². The van der Waals surface area contributed by atoms with Crippen molar-refractivity contribution in [1.29, 1.82) is 0 Å². The monoisotopic (exact) mass is 655 g/mol. The van der Waals surface area contributed by atoms with E-state index in [4.69, 9.17) is 46.4 Å². The molecule has 3 aromatic rings. The van der Waals surface area contributed by atoms with Crippen molar-refractivity contribution in [3.63, 3.8) is 0 Å². The molecule has 1 aliphatic rings. The first-order chi connectivity index (χ1) is 19.5. The summed E-state index contributed by atoms with van der Waals surface area (Å²) in [5, 5.41) is 3.99. The number of sulfonamides is 1. The summed E-state index contributed by atoms with van der Waals surface area (Å²) in [6, 6.07) is 16.0. The van der Waals surface area contributed by atoms with Gasteiger partial charge in [0.25, 0.3) is 10.0 Å². The molecule has 41 heavy (non-hydrogen) atoms. The number of amides is 2. The average Bonchev–Trinajstić information content (AvgIpc) is 3.45. The molecule has 1 fully saturated rings. The van der Waals surface area contributed by atoms with Crippen LogP contribution in [0.4, 0.5) is 5.69 Å². The van der Waals surface area contributed by atoms with Gasteiger partial charge in [0.1, 0.15) is 12.6 Å². The molecule has 1 saturated carbocycles. The van der Waals surface area contributed by atoms with E-state index < -0.39 is 28.5 Å². The van der Waals surface area contributed by atoms with Crippen LogP contribution in [0.1, 0.15) is 38.2 Å². The van der Waals surface area contributed by atoms with Crippen molar-refractivity contribution >= 4 is 73.9 Å². The second-order valence-electron chi connectivity index (χ2n) is 9.81. The molecule has 12 heteroatoms. The lowest BCUT2D eigenvalue weighted by molar-refractivity contribution is -0.139. The van der Waals surface area contributed by atoms with E-state index in [0.717, 1.165) is 30.0 Å². The van der Waals surface area contributed by atoms with Crippen molar-refractivity contribution in [3.05, 3.63) is 92.4 Å². The molecule has 0 saturated heterocycles. The Bertz CT molecular complexity index is 1500. The molecule has 4 rings (SSSR count). The van der Waals surface area contributed by atoms with Gasteiger partial charge in [-0.15, -0.1) is 0 Å². The van der Waals surface area contributed by atoms with Gasteiger partial charge in [-0.3, -0.25) is 13.9 Å². The van der Waals surface area contributed by atoms with Crippen LogP contribution in [-0.2, 0) is 26.2 Å². The van der Waals surface area contributed by atoms with Gasteiger partial charge >= 0.3 is 0 Å². The van der Waals surface area contributed by atoms with Crippen LogP contribution in [0.5, 0.6) is 0 Å². The smallest absolute Gasteiger partial charge is 0.264 e. The molecule has 1 atom stereocenters. The van der Waals surface area contributed by atoms with Crippen LogP contribution in [0.2, 0.25) is 20.1 Å². The van der Waals surface area contributed by atoms with Gasteiger partial charge in [0, 0.05) is 33.2 Å². The third-order valence-electron chi connectivity index (χ3n) is 7.05. The normalized spacial score (nSPS) is 14.5. The van der Waals surface area contributed by atoms with Crippen molar-refractivity contribution < 1.29 is 18.0 Å². The molecule has 0 aliphatic heterocycles. The van der Waals surface area contributed by atoms with E-state index >= 15 is 0 Å². The van der Waals surface area contributed by atoms with Crippen molar-refractivity contribution in [2.24, 2.45) is 0 Å². The minimum Gasteiger partial charge on any atom is -0.352 e. The Hall–Kier alpha value is -2.49. The first-order valence-corrected chi connectivity index (χ1v) is 16.0. The first kappa shape index (κ1) is 31.4. The zero-order valence-corrected chi connectivity index (χ0v) is 26.0. The van der Waals surface area contributed by atoms with Gasteiger partial charge < -0.3 is 10.2 Å². The molecule has 0 heterocycles. The number of nitrogens with zero attached hydrogens (tertiary/aromatic N) is 2. The highest BCUT2D eigenvalue weighted by molar-refractivity contribution is 7.92. The highest BCUT2D eigenvalue weighted by atomic mass is 35.5. The molecule has 3 aromatic carbocycles. The Morgan fingerprint density at radius 1 is 0.902 bits per heavy atom. The van der Waals surface area contributed by atoms with Crippen LogP contribution in [0.3, 0.4) is 0 Å². The van der Waals surface area contributed by atoms with Crippen molar-refractivity contribution in [3.8, 4) is 0 Å². The van der Waals surface area contributed by atoms with Crippen LogP contribution in [0, 0.1) is 0 Å². The summed E-state index contributed by atoms with van der Waals surface area (Å²) < 4.78 is 28.7. The minimum atomic E-state index is -4.27. The largest absolute Gasteiger partial charge is 0.352 e. The SMILES string of the molecule is CC(C(=O)NC1CCCC1)N(Cc1c(Cl)cccc1Cl)C(=O)CN(c1ccc(Cl)cc1Cl)S(=O)(=O)c1ccccc1. The topological polar surface area (TPSA) is 86.8 Å². The van der Waals surface area contributed by atoms with Crippen molar-refractivity contribution in [2.45, 2.75) is 56.1 Å². The van der Waals surface area contributed by atoms with E-state index in [-0.39, 0.29) is 34.1 Å². The van der Waals surface area contributed by atoms with E-state index in [2.05, 4.69) is 5.32 Å². The van der Waals surface area contributed by atoms with Crippen molar-refractivity contribution in [1.82, 2.24) is 10.2 Å². The summed E-state index contributed by atoms with van der Waals surface area (Å²) in [5.41, 5.74) is 0.499. The minimum absolute atomic E-state index is 0.0219. The summed E-state index contributed by atoms with van der Waals surface area (Å²) in [5.74, 6) is -1.00. The number of carbonyl (C=O) groups is 2. The molecule has 1 aliphatic carbocycles. The standard InChI is InChI=1S/C29H29Cl4N3O4S/c1-19(29(38)34-21-8-5-6-9-21)35(17-23-24(31)12-7-13-25(23)32)28(37)18-36(27-15-14-20(30)16-26(27)33)41(39,40)22-10-3-2-4-11-22/h2-4,7,10-16,19,21H,5-6,8-9,17-18H2,1H3,(H,34,38). The van der Waals surface area contributed by atoms with Gasteiger partial charge in [-0.05, 0) is 62.2 Å². The number of benzene rings is 3. The van der Waals surface area contributed by atoms with Gasteiger partial charge in [0.15, 0.2) is 0 Å². The summed E-state index contributed by atoms with van der Waals surface area (Å²) in [6.07, 6.45) is 3.76. The van der Waals surface area contributed by atoms with Gasteiger partial charge in [-0.2, -0.15) is 0 Å². The molecule has 2 amide bonds. The Morgan fingerprint density at radius 3 is 2.15 bits per heavy atom. The molecular weight excluding hydrogens is 628 g/mol. The lowest BCUT2D eigenvalue weighted by Gasteiger charge is -2.33. The predicted octanol–water partition coefficient (Wildman–Crippen LogP) is 6.97. The molecular formula is C29H29Cl4N3O4S. The maximum Gasteiger partial charge on any atom is 0.264 e. The summed E-state index contributed by atoms with van der Waals surface area (Å²) in [7, 11) is -4.27. The third-order valence-corrected chi connectivity index (χ3v) is 10.1. The molecule has 0 bridgehead atoms. The maximum absolute atomic E-state index is 14.1. The molecule has 0 spiro atoms. The van der Waals surface area contributed by atoms with E-state index in [9.17, 15) is 18.0 Å². The number of hydrogen-bond acceptors (Lipinski definition) is 4. The van der Waals surface area contributed by atoms with Crippen LogP contribution >= 0.6 is 46.4 Å². The fraction of sp³-hybridized carbons (Fsp3) is 0.310. The number of nitrogens with one attached hydrogen (secondary N) is 1. The highest BCUT2D eigenvalue weighted by Gasteiger charge is 2.34. The molecule has 1 unspecified atom stereocenters. The number of hydrogen-bond donors (Lipinski definition) is 1. The molecule has 0 aromatic heterocycles. The quantitative estimate of drug-likeness (QED) is 0.255. The average molecular weight is 657 g/mol. The number of halogens is 4. The van der Waals surface area contributed by atoms with Crippen LogP contribution < -0.4 is 9.62 Å². The summed E-state index contributed by atoms with van der Waals surface area (Å²) in [4.78, 5) is 28.7. The second-order valence-corrected chi connectivity index (χ2v) is 13.3. The van der Waals surface area contributed by atoms with E-state index in [1.54, 1.807) is 43.3 Å². The predicted molar refractivity (Wildman–Crippen MR) is 164 cm³/mol. The first-order valence-electron chi connectivity index (χ1n) is 13.0. The van der Waals surface area contributed by atoms with Gasteiger partial charge in [-0.25, -0.2) is 8.42 Å². The fourth-order valence-corrected chi connectivity index (χ4v) is 7.28. The zero-order chi connectivity index (χ0) is 29.7. The highest BCUT2D eigenvalue weighted by Crippen LogP contribution is 2.33. The molecule has 1 N–H and O–H groups in total. The van der Waals surface area contributed by atoms with Crippen LogP contribution in [0.15, 0.2) is 71.6 Å². The van der Waals surface area contributed by atoms with E-state index in [1.807, 2.05) is 0 Å². The Labute approximate surface area is 260 Å². The number of rotatable bonds is 10. The molecule has 7 nitrogen and oxygen atoms in total. The lowest BCUT2D eigenvalue weighted by Crippen LogP contribution is -2.52. The van der Waals surface area contributed by atoms with E-state index in [0.29, 0.717) is 20.6 Å². The second kappa shape index (κ2) is 13.7. The molecule has 0 radical (unpaired) electrons. The van der Waals surface area contributed by atoms with Crippen LogP contribution in [0.25, 0.3) is 0 Å². The summed E-state index contributed by atoms with van der Waals surface area (Å²) in [6.45, 7) is 0.824. The molecule has 218 valence electrons. The third kappa shape index (κ3) is 7.48. The Morgan fingerprint density at radius 2 is 1.54 bits per heavy atom. The number of anilines is 1. The lowest BCUT2D eigenvalue weighted by atomic mass is 10.1. The van der Waals surface area contributed by atoms with Crippen LogP contribution in [-0.4, -0.2) is 43.8 Å². The maximum atomic E-state index is 14.1. The Kier molecular flexibility index (Phi) is 10.5. The Balaban J connectivity index is 1.73. The van der Waals surface area contributed by atoms with E-state index in [1.165, 1.54) is 35.2 Å². The van der Waals surface area contributed by atoms with Gasteiger partial charge in [-0.1, -0.05) is 83.5 Å². The van der Waals surface area contributed by atoms with Crippen molar-refractivity contribution in [2.75, 3.05) is 10.8 Å². The zero-order valence-electron chi connectivity index (χ0n) is 22.2.